The lowest BCUT2D eigenvalue weighted by Gasteiger charge is -1.94. The monoisotopic (exact) mass is 246 g/mol. The molecule has 1 aromatic rings. The molecule has 1 rings (SSSR count). The molecule has 2 N–H and O–H groups in total. The number of halogens is 1. The maximum Gasteiger partial charge on any atom is 0.272 e. The van der Waals surface area contributed by atoms with Crippen LogP contribution in [0.5, 0.6) is 0 Å². The molecule has 5 heteroatoms. The van der Waals surface area contributed by atoms with Crippen LogP contribution >= 0.6 is 15.9 Å². The molecule has 0 bridgehead atoms. The molecule has 4 nitrogen and oxygen atoms in total. The Labute approximate surface area is 85.0 Å². The number of hydrogen-bond donors (Lipinski definition) is 1. The summed E-state index contributed by atoms with van der Waals surface area (Å²) in [5.41, 5.74) is 5.74. The molecule has 0 heterocycles. The average molecular weight is 247 g/mol. The molecule has 0 radical (unpaired) electrons. The number of nitrogens with zero attached hydrogens (tertiary/aromatic N) is 1. The number of non-ortho nitro benzene ring substituents is 1. The second-order valence-electron chi connectivity index (χ2n) is 2.00. The smallest absolute Gasteiger partial charge is 0.272 e. The van der Waals surface area contributed by atoms with E-state index in [-0.39, 0.29) is 5.69 Å². The van der Waals surface area contributed by atoms with E-state index < -0.39 is 4.92 Å². The first-order valence-corrected chi connectivity index (χ1v) is 4.59. The summed E-state index contributed by atoms with van der Waals surface area (Å²) in [6.07, 6.45) is 0. The molecule has 0 atom stereocenters. The molecular formula is C8H11BrN2O2. The van der Waals surface area contributed by atoms with Crippen LogP contribution in [0.3, 0.4) is 0 Å². The van der Waals surface area contributed by atoms with Crippen LogP contribution in [-0.2, 0) is 0 Å². The number of nitrogens with two attached hydrogens (primary N) is 1. The summed E-state index contributed by atoms with van der Waals surface area (Å²) in [6.45, 7) is 4.00. The highest BCUT2D eigenvalue weighted by atomic mass is 79.9. The Balaban J connectivity index is 0.000000671. The number of hydrogen-bond acceptors (Lipinski definition) is 3. The van der Waals surface area contributed by atoms with Crippen LogP contribution in [0, 0.1) is 10.1 Å². The van der Waals surface area contributed by atoms with Gasteiger partial charge in [0.25, 0.3) is 5.69 Å². The van der Waals surface area contributed by atoms with Gasteiger partial charge in [-0.25, -0.2) is 0 Å². The topological polar surface area (TPSA) is 69.2 Å². The Morgan fingerprint density at radius 1 is 1.38 bits per heavy atom. The quantitative estimate of drug-likeness (QED) is 0.471. The second kappa shape index (κ2) is 5.53. The van der Waals surface area contributed by atoms with Crippen LogP contribution in [0.2, 0.25) is 0 Å². The largest absolute Gasteiger partial charge is 0.398 e. The first kappa shape index (κ1) is 11.9. The SMILES string of the molecule is CC.Nc1cc(Br)cc([N+](=O)[O-])c1. The lowest BCUT2D eigenvalue weighted by atomic mass is 10.3. The molecule has 0 spiro atoms. The van der Waals surface area contributed by atoms with Gasteiger partial charge < -0.3 is 5.73 Å². The van der Waals surface area contributed by atoms with Gasteiger partial charge in [-0.1, -0.05) is 29.8 Å². The summed E-state index contributed by atoms with van der Waals surface area (Å²) in [5, 5.41) is 10.2. The van der Waals surface area contributed by atoms with Gasteiger partial charge in [-0.05, 0) is 6.07 Å². The van der Waals surface area contributed by atoms with E-state index in [9.17, 15) is 10.1 Å². The molecule has 0 unspecified atom stereocenters. The number of rotatable bonds is 1. The van der Waals surface area contributed by atoms with E-state index in [1.165, 1.54) is 12.1 Å². The van der Waals surface area contributed by atoms with E-state index in [0.29, 0.717) is 10.2 Å². The minimum Gasteiger partial charge on any atom is -0.398 e. The molecule has 0 aliphatic carbocycles. The zero-order valence-corrected chi connectivity index (χ0v) is 9.04. The third-order valence-corrected chi connectivity index (χ3v) is 1.57. The van der Waals surface area contributed by atoms with Gasteiger partial charge in [0.05, 0.1) is 4.92 Å². The highest BCUT2D eigenvalue weighted by molar-refractivity contribution is 9.10. The van der Waals surface area contributed by atoms with Crippen LogP contribution in [0.15, 0.2) is 22.7 Å². The van der Waals surface area contributed by atoms with Crippen molar-refractivity contribution < 1.29 is 4.92 Å². The Morgan fingerprint density at radius 2 is 1.92 bits per heavy atom. The van der Waals surface area contributed by atoms with Crippen molar-refractivity contribution in [2.45, 2.75) is 13.8 Å². The number of nitrogen functional groups attached to an aromatic ring is 1. The summed E-state index contributed by atoms with van der Waals surface area (Å²) in [6, 6.07) is 4.31. The number of nitro groups is 1. The van der Waals surface area contributed by atoms with Gasteiger partial charge in [0.2, 0.25) is 0 Å². The lowest BCUT2D eigenvalue weighted by Crippen LogP contribution is -1.90. The summed E-state index contributed by atoms with van der Waals surface area (Å²) in [4.78, 5) is 9.75. The van der Waals surface area contributed by atoms with Crippen molar-refractivity contribution in [3.8, 4) is 0 Å². The van der Waals surface area contributed by atoms with Crippen molar-refractivity contribution in [1.29, 1.82) is 0 Å². The van der Waals surface area contributed by atoms with Crippen LogP contribution in [0.1, 0.15) is 13.8 Å². The average Bonchev–Trinajstić information content (AvgIpc) is 2.06. The van der Waals surface area contributed by atoms with E-state index in [1.807, 2.05) is 13.8 Å². The molecule has 0 aliphatic rings. The lowest BCUT2D eigenvalue weighted by molar-refractivity contribution is -0.384. The second-order valence-corrected chi connectivity index (χ2v) is 2.92. The van der Waals surface area contributed by atoms with Crippen molar-refractivity contribution in [3.05, 3.63) is 32.8 Å². The standard InChI is InChI=1S/C6H5BrN2O2.C2H6/c7-4-1-5(8)3-6(2-4)9(10)11;1-2/h1-3H,8H2;1-2H3. The summed E-state index contributed by atoms with van der Waals surface area (Å²) in [5.74, 6) is 0. The number of nitro benzene ring substituents is 1. The fourth-order valence-corrected chi connectivity index (χ4v) is 1.20. The van der Waals surface area contributed by atoms with Crippen LogP contribution < -0.4 is 5.73 Å². The minimum absolute atomic E-state index is 0.00289. The van der Waals surface area contributed by atoms with Crippen molar-refractivity contribution in [2.75, 3.05) is 5.73 Å². The van der Waals surface area contributed by atoms with Gasteiger partial charge in [0.1, 0.15) is 0 Å². The van der Waals surface area contributed by atoms with Gasteiger partial charge in [-0.15, -0.1) is 0 Å². The van der Waals surface area contributed by atoms with Crippen LogP contribution in [-0.4, -0.2) is 4.92 Å². The molecule has 0 amide bonds. The maximum absolute atomic E-state index is 10.2. The van der Waals surface area contributed by atoms with Crippen molar-refractivity contribution in [2.24, 2.45) is 0 Å². The molecule has 0 saturated heterocycles. The molecular weight excluding hydrogens is 236 g/mol. The number of anilines is 1. The predicted molar refractivity (Wildman–Crippen MR) is 56.6 cm³/mol. The third kappa shape index (κ3) is 3.89. The summed E-state index contributed by atoms with van der Waals surface area (Å²) >= 11 is 3.10. The molecule has 0 aliphatic heterocycles. The first-order chi connectivity index (χ1) is 6.09. The predicted octanol–water partition coefficient (Wildman–Crippen LogP) is 2.97. The maximum atomic E-state index is 10.2. The Bertz CT molecular complexity index is 282. The van der Waals surface area contributed by atoms with E-state index in [2.05, 4.69) is 15.9 Å². The van der Waals surface area contributed by atoms with Gasteiger partial charge in [-0.3, -0.25) is 10.1 Å². The Kier molecular flexibility index (Phi) is 5.06. The van der Waals surface area contributed by atoms with Gasteiger partial charge in [0.15, 0.2) is 0 Å². The molecule has 0 saturated carbocycles. The fraction of sp³-hybridized carbons (Fsp3) is 0.250. The third-order valence-electron chi connectivity index (χ3n) is 1.12. The van der Waals surface area contributed by atoms with E-state index >= 15 is 0 Å². The van der Waals surface area contributed by atoms with Gasteiger partial charge >= 0.3 is 0 Å². The zero-order chi connectivity index (χ0) is 10.4. The Morgan fingerprint density at radius 3 is 2.31 bits per heavy atom. The molecule has 0 aromatic heterocycles. The minimum atomic E-state index is -0.485. The van der Waals surface area contributed by atoms with E-state index in [1.54, 1.807) is 6.07 Å². The van der Waals surface area contributed by atoms with Crippen molar-refractivity contribution in [3.63, 3.8) is 0 Å². The number of benzene rings is 1. The van der Waals surface area contributed by atoms with E-state index in [0.717, 1.165) is 0 Å². The highest BCUT2D eigenvalue weighted by Gasteiger charge is 2.05. The van der Waals surface area contributed by atoms with Crippen LogP contribution in [0.25, 0.3) is 0 Å². The van der Waals surface area contributed by atoms with Crippen molar-refractivity contribution in [1.82, 2.24) is 0 Å². The summed E-state index contributed by atoms with van der Waals surface area (Å²) < 4.78 is 0.615. The normalized spacial score (nSPS) is 8.54. The highest BCUT2D eigenvalue weighted by Crippen LogP contribution is 2.22. The van der Waals surface area contributed by atoms with Crippen molar-refractivity contribution >= 4 is 27.3 Å². The Hall–Kier alpha value is -1.10. The fourth-order valence-electron chi connectivity index (χ4n) is 0.702. The zero-order valence-electron chi connectivity index (χ0n) is 7.45. The summed E-state index contributed by atoms with van der Waals surface area (Å²) in [7, 11) is 0. The molecule has 13 heavy (non-hydrogen) atoms. The van der Waals surface area contributed by atoms with Crippen LogP contribution in [0.4, 0.5) is 11.4 Å². The van der Waals surface area contributed by atoms with Gasteiger partial charge in [0, 0.05) is 22.3 Å². The molecule has 72 valence electrons. The van der Waals surface area contributed by atoms with Gasteiger partial charge in [-0.2, -0.15) is 0 Å². The molecule has 1 aromatic carbocycles. The first-order valence-electron chi connectivity index (χ1n) is 3.80. The van der Waals surface area contributed by atoms with E-state index in [4.69, 9.17) is 5.73 Å². The molecule has 0 fully saturated rings.